The number of hydrogen-bond donors (Lipinski definition) is 3. The van der Waals surface area contributed by atoms with E-state index in [0.717, 1.165) is 56.4 Å². The molecule has 0 aromatic carbocycles. The van der Waals surface area contributed by atoms with E-state index < -0.39 is 5.60 Å². The maximum atomic E-state index is 11.8. The van der Waals surface area contributed by atoms with Crippen LogP contribution >= 0.6 is 0 Å². The summed E-state index contributed by atoms with van der Waals surface area (Å²) in [7, 11) is 0. The van der Waals surface area contributed by atoms with E-state index in [2.05, 4.69) is 31.1 Å². The molecule has 5 nitrogen and oxygen atoms in total. The molecule has 4 aliphatic carbocycles. The molecular formula is C22H36N2O3. The lowest BCUT2D eigenvalue weighted by Crippen LogP contribution is -2.63. The summed E-state index contributed by atoms with van der Waals surface area (Å²) >= 11 is 0. The first-order valence-corrected chi connectivity index (χ1v) is 10.8. The molecule has 0 radical (unpaired) electrons. The molecule has 0 saturated heterocycles. The molecule has 5 heteroatoms. The number of oxime groups is 2. The molecule has 4 saturated carbocycles. The van der Waals surface area contributed by atoms with Crippen LogP contribution in [0.4, 0.5) is 0 Å². The van der Waals surface area contributed by atoms with Crippen molar-refractivity contribution in [2.45, 2.75) is 84.7 Å². The van der Waals surface area contributed by atoms with Crippen LogP contribution in [0.25, 0.3) is 0 Å². The highest BCUT2D eigenvalue weighted by Crippen LogP contribution is 2.69. The fourth-order valence-electron chi connectivity index (χ4n) is 8.68. The second-order valence-corrected chi connectivity index (χ2v) is 10.8. The Kier molecular flexibility index (Phi) is 4.41. The van der Waals surface area contributed by atoms with E-state index in [1.165, 1.54) is 6.42 Å². The number of nitrogens with zero attached hydrogens (tertiary/aromatic N) is 2. The molecule has 8 atom stereocenters. The van der Waals surface area contributed by atoms with Crippen molar-refractivity contribution in [1.82, 2.24) is 0 Å². The summed E-state index contributed by atoms with van der Waals surface area (Å²) in [5, 5.41) is 37.6. The molecule has 0 aliphatic heterocycles. The highest BCUT2D eigenvalue weighted by Gasteiger charge is 2.66. The van der Waals surface area contributed by atoms with Gasteiger partial charge in [-0.2, -0.15) is 0 Å². The van der Waals surface area contributed by atoms with Gasteiger partial charge in [-0.05, 0) is 99.7 Å². The van der Waals surface area contributed by atoms with Gasteiger partial charge in [-0.15, -0.1) is 0 Å². The Morgan fingerprint density at radius 3 is 2.44 bits per heavy atom. The van der Waals surface area contributed by atoms with Gasteiger partial charge < -0.3 is 15.5 Å². The Morgan fingerprint density at radius 1 is 1.04 bits per heavy atom. The van der Waals surface area contributed by atoms with E-state index in [1.807, 2.05) is 6.92 Å². The van der Waals surface area contributed by atoms with Crippen LogP contribution in [0.5, 0.6) is 0 Å². The minimum atomic E-state index is -0.713. The number of hydrogen-bond acceptors (Lipinski definition) is 5. The predicted molar refractivity (Wildman–Crippen MR) is 105 cm³/mol. The average molecular weight is 377 g/mol. The van der Waals surface area contributed by atoms with Crippen molar-refractivity contribution in [2.24, 2.45) is 50.7 Å². The normalized spacial score (nSPS) is 54.3. The maximum Gasteiger partial charge on any atom is 0.0661 e. The molecule has 4 fully saturated rings. The summed E-state index contributed by atoms with van der Waals surface area (Å²) < 4.78 is 0. The Bertz CT molecular complexity index is 672. The van der Waals surface area contributed by atoms with Gasteiger partial charge in [0.05, 0.1) is 17.0 Å². The lowest BCUT2D eigenvalue weighted by molar-refractivity contribution is -0.206. The smallest absolute Gasteiger partial charge is 0.0661 e. The molecule has 4 rings (SSSR count). The van der Waals surface area contributed by atoms with E-state index in [-0.39, 0.29) is 16.7 Å². The maximum absolute atomic E-state index is 11.8. The van der Waals surface area contributed by atoms with E-state index in [9.17, 15) is 15.5 Å². The van der Waals surface area contributed by atoms with Gasteiger partial charge >= 0.3 is 0 Å². The molecule has 0 aromatic rings. The van der Waals surface area contributed by atoms with Crippen LogP contribution in [0.3, 0.4) is 0 Å². The number of rotatable bonds is 1. The molecule has 0 spiro atoms. The topological polar surface area (TPSA) is 85.4 Å². The molecule has 0 heterocycles. The van der Waals surface area contributed by atoms with Crippen molar-refractivity contribution in [3.8, 4) is 0 Å². The predicted octanol–water partition coefficient (Wildman–Crippen LogP) is 4.69. The van der Waals surface area contributed by atoms with Gasteiger partial charge in [-0.3, -0.25) is 0 Å². The Morgan fingerprint density at radius 2 is 1.78 bits per heavy atom. The molecule has 0 amide bonds. The highest BCUT2D eigenvalue weighted by atomic mass is 16.4. The first-order valence-electron chi connectivity index (χ1n) is 10.8. The molecule has 0 bridgehead atoms. The molecule has 3 N–H and O–H groups in total. The van der Waals surface area contributed by atoms with Gasteiger partial charge in [0.1, 0.15) is 0 Å². The zero-order valence-electron chi connectivity index (χ0n) is 17.3. The van der Waals surface area contributed by atoms with Gasteiger partial charge in [0.25, 0.3) is 0 Å². The van der Waals surface area contributed by atoms with E-state index in [0.29, 0.717) is 23.7 Å². The SMILES string of the molecule is C/C(=N/O)[C@H]1CC[C@H]2[C@@H]3CC[C@H]4C/C(=N\O)CC[C@]4(C)[C@H]3[C@](C)(O)C[C@]12C. The molecule has 152 valence electrons. The fraction of sp³-hybridized carbons (Fsp3) is 0.909. The zero-order valence-corrected chi connectivity index (χ0v) is 17.3. The van der Waals surface area contributed by atoms with E-state index in [1.54, 1.807) is 0 Å². The molecule has 0 aromatic heterocycles. The lowest BCUT2D eigenvalue weighted by atomic mass is 9.41. The average Bonchev–Trinajstić information content (AvgIpc) is 2.95. The van der Waals surface area contributed by atoms with Gasteiger partial charge in [-0.1, -0.05) is 24.2 Å². The summed E-state index contributed by atoms with van der Waals surface area (Å²) in [6.07, 6.45) is 8.09. The molecule has 0 unspecified atom stereocenters. The summed E-state index contributed by atoms with van der Waals surface area (Å²) in [6, 6.07) is 0. The van der Waals surface area contributed by atoms with Crippen LogP contribution in [-0.4, -0.2) is 32.5 Å². The second-order valence-electron chi connectivity index (χ2n) is 10.8. The third-order valence-corrected chi connectivity index (χ3v) is 9.49. The molecule has 27 heavy (non-hydrogen) atoms. The van der Waals surface area contributed by atoms with E-state index >= 15 is 0 Å². The summed E-state index contributed by atoms with van der Waals surface area (Å²) in [5.74, 6) is 2.20. The fourth-order valence-corrected chi connectivity index (χ4v) is 8.68. The third-order valence-electron chi connectivity index (χ3n) is 9.49. The Balaban J connectivity index is 1.71. The lowest BCUT2D eigenvalue weighted by Gasteiger charge is -2.65. The van der Waals surface area contributed by atoms with Crippen molar-refractivity contribution < 1.29 is 15.5 Å². The van der Waals surface area contributed by atoms with Crippen molar-refractivity contribution in [1.29, 1.82) is 0 Å². The molecule has 4 aliphatic rings. The van der Waals surface area contributed by atoms with E-state index in [4.69, 9.17) is 0 Å². The Hall–Kier alpha value is -1.10. The number of aliphatic hydroxyl groups is 1. The van der Waals surface area contributed by atoms with Crippen LogP contribution in [-0.2, 0) is 0 Å². The monoisotopic (exact) mass is 376 g/mol. The van der Waals surface area contributed by atoms with Gasteiger partial charge in [0, 0.05) is 5.92 Å². The highest BCUT2D eigenvalue weighted by molar-refractivity contribution is 5.85. The summed E-state index contributed by atoms with van der Waals surface area (Å²) in [6.45, 7) is 8.73. The van der Waals surface area contributed by atoms with Gasteiger partial charge in [0.15, 0.2) is 0 Å². The van der Waals surface area contributed by atoms with Crippen molar-refractivity contribution in [3.05, 3.63) is 0 Å². The first-order chi connectivity index (χ1) is 12.7. The van der Waals surface area contributed by atoms with Crippen molar-refractivity contribution in [3.63, 3.8) is 0 Å². The van der Waals surface area contributed by atoms with Crippen molar-refractivity contribution in [2.75, 3.05) is 0 Å². The standard InChI is InChI=1S/C22H36N2O3/c1-13(23-26)17-7-8-18-16-6-5-14-11-15(24-27)9-10-20(14,2)19(16)22(4,25)12-21(17,18)3/h14,16-19,25-27H,5-12H2,1-4H3/b23-13-,24-15-/t14-,16-,17+,18-,19-,20-,21+,22+/m0/s1. The minimum Gasteiger partial charge on any atom is -0.411 e. The van der Waals surface area contributed by atoms with Crippen LogP contribution in [0, 0.1) is 40.4 Å². The summed E-state index contributed by atoms with van der Waals surface area (Å²) in [5.41, 5.74) is 1.18. The van der Waals surface area contributed by atoms with Crippen molar-refractivity contribution >= 4 is 11.4 Å². The first kappa shape index (κ1) is 19.2. The quantitative estimate of drug-likeness (QED) is 0.353. The zero-order chi connectivity index (χ0) is 19.6. The van der Waals surface area contributed by atoms with Gasteiger partial charge in [-0.25, -0.2) is 0 Å². The Labute approximate surface area is 162 Å². The van der Waals surface area contributed by atoms with Gasteiger partial charge in [0.2, 0.25) is 0 Å². The summed E-state index contributed by atoms with van der Waals surface area (Å²) in [4.78, 5) is 0. The molecular weight excluding hydrogens is 340 g/mol. The number of fused-ring (bicyclic) bond motifs is 5. The van der Waals surface area contributed by atoms with Crippen LogP contribution in [0.2, 0.25) is 0 Å². The second kappa shape index (κ2) is 6.20. The third kappa shape index (κ3) is 2.60. The largest absolute Gasteiger partial charge is 0.411 e. The van der Waals surface area contributed by atoms with Crippen LogP contribution in [0.15, 0.2) is 10.3 Å². The minimum absolute atomic E-state index is 0.0105. The van der Waals surface area contributed by atoms with Crippen LogP contribution < -0.4 is 0 Å². The van der Waals surface area contributed by atoms with Crippen LogP contribution in [0.1, 0.15) is 79.1 Å².